The highest BCUT2D eigenvalue weighted by Gasteiger charge is 2.07. The van der Waals surface area contributed by atoms with Crippen molar-refractivity contribution in [3.05, 3.63) is 57.6 Å². The third-order valence-corrected chi connectivity index (χ3v) is 3.80. The highest BCUT2D eigenvalue weighted by molar-refractivity contribution is 9.10. The third-order valence-electron chi connectivity index (χ3n) is 3.34. The number of carbonyl (C=O) groups excluding carboxylic acids is 1. The van der Waals surface area contributed by atoms with Crippen molar-refractivity contribution in [2.24, 2.45) is 0 Å². The fourth-order valence-corrected chi connectivity index (χ4v) is 2.95. The number of rotatable bonds is 4. The highest BCUT2D eigenvalue weighted by Crippen LogP contribution is 2.24. The number of carbonyl (C=O) groups is 1. The Morgan fingerprint density at radius 3 is 2.29 bits per heavy atom. The summed E-state index contributed by atoms with van der Waals surface area (Å²) >= 11 is 3.47. The highest BCUT2D eigenvalue weighted by atomic mass is 79.9. The summed E-state index contributed by atoms with van der Waals surface area (Å²) < 4.78 is 1.05. The van der Waals surface area contributed by atoms with Gasteiger partial charge in [-0.25, -0.2) is 0 Å². The number of nitrogens with one attached hydrogen (secondary N) is 2. The molecule has 0 saturated carbocycles. The molecule has 0 radical (unpaired) electrons. The minimum absolute atomic E-state index is 0.0500. The van der Waals surface area contributed by atoms with Crippen molar-refractivity contribution >= 4 is 33.2 Å². The lowest BCUT2D eigenvalue weighted by Crippen LogP contribution is -2.22. The van der Waals surface area contributed by atoms with E-state index in [0.717, 1.165) is 32.5 Å². The Balaban J connectivity index is 2.01. The van der Waals surface area contributed by atoms with Crippen LogP contribution in [0.2, 0.25) is 0 Å². The van der Waals surface area contributed by atoms with E-state index in [2.05, 4.69) is 26.6 Å². The van der Waals surface area contributed by atoms with Gasteiger partial charge < -0.3 is 10.6 Å². The van der Waals surface area contributed by atoms with Gasteiger partial charge in [-0.1, -0.05) is 34.1 Å². The summed E-state index contributed by atoms with van der Waals surface area (Å²) in [7, 11) is 0. The Labute approximate surface area is 133 Å². The van der Waals surface area contributed by atoms with Crippen LogP contribution in [0.3, 0.4) is 0 Å². The van der Waals surface area contributed by atoms with Gasteiger partial charge in [-0.15, -0.1) is 0 Å². The molecule has 4 heteroatoms. The molecule has 0 saturated heterocycles. The average molecular weight is 347 g/mol. The molecule has 110 valence electrons. The summed E-state index contributed by atoms with van der Waals surface area (Å²) in [5, 5.41) is 6.14. The molecule has 0 aliphatic carbocycles. The Morgan fingerprint density at radius 1 is 1.05 bits per heavy atom. The van der Waals surface area contributed by atoms with Gasteiger partial charge >= 0.3 is 0 Å². The first-order valence-corrected chi connectivity index (χ1v) is 7.63. The van der Waals surface area contributed by atoms with Crippen molar-refractivity contribution in [1.29, 1.82) is 0 Å². The molecule has 21 heavy (non-hydrogen) atoms. The monoisotopic (exact) mass is 346 g/mol. The van der Waals surface area contributed by atoms with E-state index in [0.29, 0.717) is 0 Å². The number of hydrogen-bond donors (Lipinski definition) is 2. The second kappa shape index (κ2) is 6.76. The van der Waals surface area contributed by atoms with Gasteiger partial charge in [-0.2, -0.15) is 0 Å². The summed E-state index contributed by atoms with van der Waals surface area (Å²) in [5.74, 6) is -0.0500. The Kier molecular flexibility index (Phi) is 5.02. The lowest BCUT2D eigenvalue weighted by Gasteiger charge is -2.14. The second-order valence-corrected chi connectivity index (χ2v) is 6.05. The Bertz CT molecular complexity index is 645. The van der Waals surface area contributed by atoms with Crippen LogP contribution in [0.15, 0.2) is 40.9 Å². The fourth-order valence-electron chi connectivity index (χ4n) is 2.27. The van der Waals surface area contributed by atoms with Gasteiger partial charge in [0.05, 0.1) is 6.54 Å². The van der Waals surface area contributed by atoms with E-state index < -0.39 is 0 Å². The smallest absolute Gasteiger partial charge is 0.243 e. The SMILES string of the molecule is Cc1ccccc1NC(=O)CNc1c(C)cc(Br)cc1C. The van der Waals surface area contributed by atoms with Gasteiger partial charge in [0.25, 0.3) is 0 Å². The minimum Gasteiger partial charge on any atom is -0.376 e. The van der Waals surface area contributed by atoms with Crippen molar-refractivity contribution in [1.82, 2.24) is 0 Å². The molecule has 3 nitrogen and oxygen atoms in total. The summed E-state index contributed by atoms with van der Waals surface area (Å²) in [4.78, 5) is 12.0. The molecule has 2 aromatic rings. The number of halogens is 1. The van der Waals surface area contributed by atoms with Crippen LogP contribution in [0.1, 0.15) is 16.7 Å². The van der Waals surface area contributed by atoms with Gasteiger partial charge in [-0.05, 0) is 55.7 Å². The van der Waals surface area contributed by atoms with Crippen molar-refractivity contribution in [3.8, 4) is 0 Å². The van der Waals surface area contributed by atoms with Crippen LogP contribution in [0.5, 0.6) is 0 Å². The predicted octanol–water partition coefficient (Wildman–Crippen LogP) is 4.42. The Hall–Kier alpha value is -1.81. The molecular weight excluding hydrogens is 328 g/mol. The second-order valence-electron chi connectivity index (χ2n) is 5.13. The van der Waals surface area contributed by atoms with Crippen LogP contribution >= 0.6 is 15.9 Å². The first kappa shape index (κ1) is 15.6. The van der Waals surface area contributed by atoms with Gasteiger partial charge in [0.1, 0.15) is 0 Å². The maximum Gasteiger partial charge on any atom is 0.243 e. The number of amides is 1. The molecule has 0 bridgehead atoms. The molecule has 2 N–H and O–H groups in total. The molecule has 0 atom stereocenters. The largest absolute Gasteiger partial charge is 0.376 e. The summed E-state index contributed by atoms with van der Waals surface area (Å²) in [6, 6.07) is 11.8. The third kappa shape index (κ3) is 4.08. The van der Waals surface area contributed by atoms with Crippen LogP contribution in [0, 0.1) is 20.8 Å². The lowest BCUT2D eigenvalue weighted by molar-refractivity contribution is -0.114. The number of benzene rings is 2. The molecule has 0 spiro atoms. The molecule has 0 unspecified atom stereocenters. The quantitative estimate of drug-likeness (QED) is 0.859. The predicted molar refractivity (Wildman–Crippen MR) is 91.9 cm³/mol. The lowest BCUT2D eigenvalue weighted by atomic mass is 10.1. The number of hydrogen-bond acceptors (Lipinski definition) is 2. The first-order valence-electron chi connectivity index (χ1n) is 6.83. The van der Waals surface area contributed by atoms with Crippen molar-refractivity contribution in [3.63, 3.8) is 0 Å². The average Bonchev–Trinajstić information content (AvgIpc) is 2.40. The van der Waals surface area contributed by atoms with E-state index in [1.54, 1.807) is 0 Å². The zero-order valence-corrected chi connectivity index (χ0v) is 14.0. The maximum absolute atomic E-state index is 12.0. The molecule has 0 aliphatic rings. The molecular formula is C17H19BrN2O. The molecule has 0 aliphatic heterocycles. The van der Waals surface area contributed by atoms with Gasteiger partial charge in [-0.3, -0.25) is 4.79 Å². The normalized spacial score (nSPS) is 10.3. The van der Waals surface area contributed by atoms with Crippen molar-refractivity contribution in [2.45, 2.75) is 20.8 Å². The van der Waals surface area contributed by atoms with Crippen LogP contribution in [0.4, 0.5) is 11.4 Å². The summed E-state index contributed by atoms with van der Waals surface area (Å²) in [5.41, 5.74) is 5.16. The minimum atomic E-state index is -0.0500. The molecule has 0 fully saturated rings. The van der Waals surface area contributed by atoms with Crippen LogP contribution in [-0.4, -0.2) is 12.5 Å². The van der Waals surface area contributed by atoms with Crippen LogP contribution < -0.4 is 10.6 Å². The number of aryl methyl sites for hydroxylation is 3. The van der Waals surface area contributed by atoms with Gasteiger partial charge in [0, 0.05) is 15.8 Å². The van der Waals surface area contributed by atoms with Crippen LogP contribution in [-0.2, 0) is 4.79 Å². The van der Waals surface area contributed by atoms with Gasteiger partial charge in [0.15, 0.2) is 0 Å². The number of anilines is 2. The van der Waals surface area contributed by atoms with E-state index in [1.165, 1.54) is 0 Å². The molecule has 0 heterocycles. The fraction of sp³-hybridized carbons (Fsp3) is 0.235. The van der Waals surface area contributed by atoms with E-state index >= 15 is 0 Å². The summed E-state index contributed by atoms with van der Waals surface area (Å²) in [6.07, 6.45) is 0. The van der Waals surface area contributed by atoms with E-state index in [1.807, 2.05) is 57.2 Å². The first-order chi connectivity index (χ1) is 9.97. The van der Waals surface area contributed by atoms with Gasteiger partial charge in [0.2, 0.25) is 5.91 Å². The maximum atomic E-state index is 12.0. The standard InChI is InChI=1S/C17H19BrN2O/c1-11-6-4-5-7-15(11)20-16(21)10-19-17-12(2)8-14(18)9-13(17)3/h4-9,19H,10H2,1-3H3,(H,20,21). The van der Waals surface area contributed by atoms with E-state index in [4.69, 9.17) is 0 Å². The van der Waals surface area contributed by atoms with Crippen molar-refractivity contribution in [2.75, 3.05) is 17.2 Å². The van der Waals surface area contributed by atoms with Crippen LogP contribution in [0.25, 0.3) is 0 Å². The summed E-state index contributed by atoms with van der Waals surface area (Å²) in [6.45, 7) is 6.28. The Morgan fingerprint density at radius 2 is 1.67 bits per heavy atom. The number of para-hydroxylation sites is 1. The molecule has 0 aromatic heterocycles. The zero-order chi connectivity index (χ0) is 15.4. The zero-order valence-electron chi connectivity index (χ0n) is 12.5. The van der Waals surface area contributed by atoms with E-state index in [9.17, 15) is 4.79 Å². The molecule has 2 rings (SSSR count). The van der Waals surface area contributed by atoms with E-state index in [-0.39, 0.29) is 12.5 Å². The topological polar surface area (TPSA) is 41.1 Å². The molecule has 2 aromatic carbocycles. The van der Waals surface area contributed by atoms with Crippen molar-refractivity contribution < 1.29 is 4.79 Å². The molecule has 1 amide bonds.